The van der Waals surface area contributed by atoms with E-state index >= 15 is 0 Å². The number of carbonyl (C=O) groups is 3. The van der Waals surface area contributed by atoms with Gasteiger partial charge in [0.1, 0.15) is 0 Å². The zero-order valence-electron chi connectivity index (χ0n) is 16.8. The summed E-state index contributed by atoms with van der Waals surface area (Å²) in [6.45, 7) is 0. The first-order valence-corrected chi connectivity index (χ1v) is 10.6. The van der Waals surface area contributed by atoms with Crippen LogP contribution in [0.1, 0.15) is 26.3 Å². The van der Waals surface area contributed by atoms with Crippen LogP contribution >= 0.6 is 22.6 Å². The first kappa shape index (κ1) is 21.5. The van der Waals surface area contributed by atoms with Gasteiger partial charge in [0, 0.05) is 20.4 Å². The van der Waals surface area contributed by atoms with E-state index in [2.05, 4.69) is 47.9 Å². The van der Waals surface area contributed by atoms with Gasteiger partial charge in [-0.15, -0.1) is 0 Å². The van der Waals surface area contributed by atoms with Crippen LogP contribution in [0.3, 0.4) is 0 Å². The maximum atomic E-state index is 13.2. The molecule has 0 spiro atoms. The number of amides is 2. The molecule has 0 aliphatic carbocycles. The lowest BCUT2D eigenvalue weighted by molar-refractivity contribution is 0.0996. The number of nitrogens with one attached hydrogen (secondary N) is 3. The Labute approximate surface area is 196 Å². The van der Waals surface area contributed by atoms with Gasteiger partial charge in [-0.3, -0.25) is 14.9 Å². The number of nitrogens with zero attached hydrogens (tertiary/aromatic N) is 1. The Kier molecular flexibility index (Phi) is 6.17. The molecule has 0 aliphatic rings. The molecular weight excluding hydrogens is 523 g/mol. The van der Waals surface area contributed by atoms with E-state index < -0.39 is 6.09 Å². The number of methoxy groups -OCH3 is 1. The SMILES string of the molecule is COC(=O)Nc1nc2ccc(C(=O)c3ccccc3C(=O)Nc3cccc(I)c3)cc2[nH]1. The first-order valence-electron chi connectivity index (χ1n) is 9.50. The molecule has 8 nitrogen and oxygen atoms in total. The van der Waals surface area contributed by atoms with Crippen LogP contribution in [0.15, 0.2) is 66.7 Å². The van der Waals surface area contributed by atoms with Gasteiger partial charge in [0.05, 0.1) is 23.7 Å². The summed E-state index contributed by atoms with van der Waals surface area (Å²) in [5.74, 6) is -0.478. The highest BCUT2D eigenvalue weighted by molar-refractivity contribution is 14.1. The number of halogens is 1. The van der Waals surface area contributed by atoms with Crippen LogP contribution in [-0.4, -0.2) is 34.9 Å². The van der Waals surface area contributed by atoms with Crippen LogP contribution in [-0.2, 0) is 4.74 Å². The van der Waals surface area contributed by atoms with Gasteiger partial charge in [-0.05, 0) is 65.1 Å². The van der Waals surface area contributed by atoms with Gasteiger partial charge >= 0.3 is 6.09 Å². The van der Waals surface area contributed by atoms with E-state index in [1.54, 1.807) is 48.5 Å². The van der Waals surface area contributed by atoms with E-state index in [-0.39, 0.29) is 28.8 Å². The zero-order chi connectivity index (χ0) is 22.7. The number of ether oxygens (including phenoxy) is 1. The molecule has 4 rings (SSSR count). The summed E-state index contributed by atoms with van der Waals surface area (Å²) >= 11 is 2.17. The fourth-order valence-electron chi connectivity index (χ4n) is 3.16. The lowest BCUT2D eigenvalue weighted by atomic mass is 9.97. The second-order valence-corrected chi connectivity index (χ2v) is 8.02. The molecule has 9 heteroatoms. The van der Waals surface area contributed by atoms with Crippen molar-refractivity contribution in [3.63, 3.8) is 0 Å². The maximum absolute atomic E-state index is 13.2. The third-order valence-electron chi connectivity index (χ3n) is 4.65. The minimum atomic E-state index is -0.659. The summed E-state index contributed by atoms with van der Waals surface area (Å²) in [5, 5.41) is 5.28. The van der Waals surface area contributed by atoms with Crippen LogP contribution in [0, 0.1) is 3.57 Å². The van der Waals surface area contributed by atoms with Gasteiger partial charge < -0.3 is 15.0 Å². The normalized spacial score (nSPS) is 10.6. The quantitative estimate of drug-likeness (QED) is 0.248. The Hall–Kier alpha value is -3.73. The van der Waals surface area contributed by atoms with Crippen molar-refractivity contribution in [1.29, 1.82) is 0 Å². The number of hydrogen-bond donors (Lipinski definition) is 3. The summed E-state index contributed by atoms with van der Waals surface area (Å²) in [4.78, 5) is 44.7. The molecule has 0 aliphatic heterocycles. The number of benzene rings is 3. The number of fused-ring (bicyclic) bond motifs is 1. The number of ketones is 1. The van der Waals surface area contributed by atoms with E-state index in [0.717, 1.165) is 3.57 Å². The standard InChI is InChI=1S/C23H17IN4O4/c1-32-23(31)28-22-26-18-10-9-13(11-19(18)27-22)20(29)16-7-2-3-8-17(16)21(30)25-15-6-4-5-14(24)12-15/h2-12H,1H3,(H,25,30)(H2,26,27,28,31). The molecule has 1 heterocycles. The van der Waals surface area contributed by atoms with Gasteiger partial charge in [-0.2, -0.15) is 0 Å². The second kappa shape index (κ2) is 9.18. The average molecular weight is 540 g/mol. The minimum absolute atomic E-state index is 0.203. The number of rotatable bonds is 5. The van der Waals surface area contributed by atoms with Crippen molar-refractivity contribution in [3.8, 4) is 0 Å². The Morgan fingerprint density at radius 3 is 2.47 bits per heavy atom. The number of anilines is 2. The van der Waals surface area contributed by atoms with Crippen LogP contribution in [0.25, 0.3) is 11.0 Å². The maximum Gasteiger partial charge on any atom is 0.413 e. The van der Waals surface area contributed by atoms with Crippen LogP contribution < -0.4 is 10.6 Å². The third kappa shape index (κ3) is 4.62. The van der Waals surface area contributed by atoms with Crippen molar-refractivity contribution in [3.05, 3.63) is 87.0 Å². The summed E-state index contributed by atoms with van der Waals surface area (Å²) < 4.78 is 5.54. The monoisotopic (exact) mass is 540 g/mol. The summed E-state index contributed by atoms with van der Waals surface area (Å²) in [6, 6.07) is 19.0. The largest absolute Gasteiger partial charge is 0.453 e. The molecule has 0 unspecified atom stereocenters. The molecular formula is C23H17IN4O4. The third-order valence-corrected chi connectivity index (χ3v) is 5.32. The van der Waals surface area contributed by atoms with Gasteiger partial charge in [0.2, 0.25) is 5.95 Å². The number of aromatic amines is 1. The molecule has 1 aromatic heterocycles. The molecule has 0 fully saturated rings. The summed E-state index contributed by atoms with van der Waals surface area (Å²) in [6.07, 6.45) is -0.659. The lowest BCUT2D eigenvalue weighted by Crippen LogP contribution is -2.17. The summed E-state index contributed by atoms with van der Waals surface area (Å²) in [5.41, 5.74) is 2.70. The van der Waals surface area contributed by atoms with E-state index in [1.807, 2.05) is 18.2 Å². The van der Waals surface area contributed by atoms with Crippen LogP contribution in [0.5, 0.6) is 0 Å². The van der Waals surface area contributed by atoms with Gasteiger partial charge in [0.25, 0.3) is 5.91 Å². The molecule has 0 bridgehead atoms. The Balaban J connectivity index is 1.62. The zero-order valence-corrected chi connectivity index (χ0v) is 19.0. The molecule has 2 amide bonds. The Morgan fingerprint density at radius 1 is 0.938 bits per heavy atom. The highest BCUT2D eigenvalue weighted by Crippen LogP contribution is 2.21. The predicted octanol–water partition coefficient (Wildman–Crippen LogP) is 4.83. The van der Waals surface area contributed by atoms with Crippen molar-refractivity contribution in [1.82, 2.24) is 9.97 Å². The van der Waals surface area contributed by atoms with E-state index in [4.69, 9.17) is 0 Å². The highest BCUT2D eigenvalue weighted by atomic mass is 127. The van der Waals surface area contributed by atoms with E-state index in [0.29, 0.717) is 22.3 Å². The minimum Gasteiger partial charge on any atom is -0.453 e. The molecule has 0 saturated carbocycles. The Morgan fingerprint density at radius 2 is 1.72 bits per heavy atom. The fraction of sp³-hybridized carbons (Fsp3) is 0.0435. The topological polar surface area (TPSA) is 113 Å². The first-order chi connectivity index (χ1) is 15.4. The van der Waals surface area contributed by atoms with Crippen molar-refractivity contribution >= 4 is 63.0 Å². The second-order valence-electron chi connectivity index (χ2n) is 6.77. The molecule has 32 heavy (non-hydrogen) atoms. The molecule has 0 atom stereocenters. The number of hydrogen-bond acceptors (Lipinski definition) is 5. The molecule has 160 valence electrons. The van der Waals surface area contributed by atoms with Crippen molar-refractivity contribution in [2.75, 3.05) is 17.7 Å². The van der Waals surface area contributed by atoms with Crippen molar-refractivity contribution < 1.29 is 19.1 Å². The van der Waals surface area contributed by atoms with Gasteiger partial charge in [0.15, 0.2) is 5.78 Å². The molecule has 0 saturated heterocycles. The molecule has 3 aromatic carbocycles. The number of carbonyl (C=O) groups excluding carboxylic acids is 3. The van der Waals surface area contributed by atoms with Gasteiger partial charge in [-0.1, -0.05) is 24.3 Å². The Bertz CT molecular complexity index is 1350. The van der Waals surface area contributed by atoms with E-state index in [9.17, 15) is 14.4 Å². The highest BCUT2D eigenvalue weighted by Gasteiger charge is 2.19. The molecule has 4 aromatic rings. The van der Waals surface area contributed by atoms with E-state index in [1.165, 1.54) is 7.11 Å². The van der Waals surface area contributed by atoms with Crippen LogP contribution in [0.2, 0.25) is 0 Å². The van der Waals surface area contributed by atoms with Crippen LogP contribution in [0.4, 0.5) is 16.4 Å². The average Bonchev–Trinajstić information content (AvgIpc) is 3.19. The van der Waals surface area contributed by atoms with Crippen molar-refractivity contribution in [2.45, 2.75) is 0 Å². The number of aromatic nitrogens is 2. The van der Waals surface area contributed by atoms with Crippen molar-refractivity contribution in [2.24, 2.45) is 0 Å². The predicted molar refractivity (Wildman–Crippen MR) is 129 cm³/mol. The van der Waals surface area contributed by atoms with Gasteiger partial charge in [-0.25, -0.2) is 9.78 Å². The lowest BCUT2D eigenvalue weighted by Gasteiger charge is -2.10. The number of H-pyrrole nitrogens is 1. The number of imidazole rings is 1. The smallest absolute Gasteiger partial charge is 0.413 e. The molecule has 0 radical (unpaired) electrons. The molecule has 3 N–H and O–H groups in total. The fourth-order valence-corrected chi connectivity index (χ4v) is 3.70. The summed E-state index contributed by atoms with van der Waals surface area (Å²) in [7, 11) is 1.25.